The van der Waals surface area contributed by atoms with Crippen LogP contribution in [0.1, 0.15) is 15.2 Å². The van der Waals surface area contributed by atoms with Crippen LogP contribution in [-0.4, -0.2) is 10.9 Å². The molecular formula is C11H11BrN4OS. The van der Waals surface area contributed by atoms with Gasteiger partial charge in [-0.3, -0.25) is 4.79 Å². The van der Waals surface area contributed by atoms with Crippen molar-refractivity contribution >= 4 is 39.0 Å². The van der Waals surface area contributed by atoms with Gasteiger partial charge in [-0.2, -0.15) is 0 Å². The Labute approximate surface area is 117 Å². The summed E-state index contributed by atoms with van der Waals surface area (Å²) in [6.45, 7) is 0.493. The lowest BCUT2D eigenvalue weighted by molar-refractivity contribution is 0.0951. The van der Waals surface area contributed by atoms with E-state index in [1.165, 1.54) is 0 Å². The number of pyridine rings is 1. The molecule has 1 amide bonds. The van der Waals surface area contributed by atoms with E-state index in [4.69, 9.17) is 5.84 Å². The van der Waals surface area contributed by atoms with E-state index in [-0.39, 0.29) is 5.91 Å². The standard InChI is InChI=1S/C11H11BrN4OS/c12-7-4-9(10(16-13)14-5-7)11(17)15-6-8-2-1-3-18-8/h1-5H,6,13H2,(H,14,16)(H,15,17). The largest absolute Gasteiger partial charge is 0.347 e. The molecule has 0 fully saturated rings. The highest BCUT2D eigenvalue weighted by molar-refractivity contribution is 9.10. The summed E-state index contributed by atoms with van der Waals surface area (Å²) in [6, 6.07) is 5.58. The molecule has 0 saturated heterocycles. The van der Waals surface area contributed by atoms with Crippen LogP contribution in [0.3, 0.4) is 0 Å². The number of nitrogen functional groups attached to an aromatic ring is 1. The van der Waals surface area contributed by atoms with E-state index in [0.717, 1.165) is 9.35 Å². The number of hydrazine groups is 1. The van der Waals surface area contributed by atoms with Crippen LogP contribution in [0.25, 0.3) is 0 Å². The molecule has 2 aromatic heterocycles. The van der Waals surface area contributed by atoms with Gasteiger partial charge in [0, 0.05) is 15.5 Å². The van der Waals surface area contributed by atoms with Gasteiger partial charge in [-0.05, 0) is 33.4 Å². The first-order valence-electron chi connectivity index (χ1n) is 5.13. The third kappa shape index (κ3) is 3.06. The Balaban J connectivity index is 2.10. The van der Waals surface area contributed by atoms with E-state index >= 15 is 0 Å². The Morgan fingerprint density at radius 1 is 1.56 bits per heavy atom. The summed E-state index contributed by atoms with van der Waals surface area (Å²) in [7, 11) is 0. The van der Waals surface area contributed by atoms with Gasteiger partial charge in [0.05, 0.1) is 12.1 Å². The van der Waals surface area contributed by atoms with Crippen molar-refractivity contribution in [1.82, 2.24) is 10.3 Å². The topological polar surface area (TPSA) is 80.0 Å². The number of nitrogens with one attached hydrogen (secondary N) is 2. The number of thiophene rings is 1. The lowest BCUT2D eigenvalue weighted by atomic mass is 10.2. The van der Waals surface area contributed by atoms with Gasteiger partial charge < -0.3 is 10.7 Å². The Morgan fingerprint density at radius 2 is 2.39 bits per heavy atom. The summed E-state index contributed by atoms with van der Waals surface area (Å²) < 4.78 is 0.725. The number of carbonyl (C=O) groups is 1. The molecule has 0 aliphatic heterocycles. The van der Waals surface area contributed by atoms with E-state index < -0.39 is 0 Å². The molecule has 94 valence electrons. The number of nitrogens with two attached hydrogens (primary N) is 1. The number of hydrogen-bond acceptors (Lipinski definition) is 5. The lowest BCUT2D eigenvalue weighted by Crippen LogP contribution is -2.25. The van der Waals surface area contributed by atoms with Gasteiger partial charge in [-0.25, -0.2) is 10.8 Å². The van der Waals surface area contributed by atoms with E-state index in [1.54, 1.807) is 23.6 Å². The van der Waals surface area contributed by atoms with Crippen LogP contribution in [0.4, 0.5) is 5.82 Å². The molecule has 2 heterocycles. The summed E-state index contributed by atoms with van der Waals surface area (Å²) in [6.07, 6.45) is 1.57. The molecule has 0 aromatic carbocycles. The lowest BCUT2D eigenvalue weighted by Gasteiger charge is -2.08. The number of halogens is 1. The minimum absolute atomic E-state index is 0.217. The third-order valence-electron chi connectivity index (χ3n) is 2.24. The zero-order chi connectivity index (χ0) is 13.0. The van der Waals surface area contributed by atoms with Crippen LogP contribution in [0.15, 0.2) is 34.2 Å². The predicted molar refractivity (Wildman–Crippen MR) is 75.2 cm³/mol. The third-order valence-corrected chi connectivity index (χ3v) is 3.55. The van der Waals surface area contributed by atoms with Crippen molar-refractivity contribution in [3.63, 3.8) is 0 Å². The van der Waals surface area contributed by atoms with Crippen LogP contribution < -0.4 is 16.6 Å². The summed E-state index contributed by atoms with van der Waals surface area (Å²) >= 11 is 4.87. The first kappa shape index (κ1) is 13.0. The van der Waals surface area contributed by atoms with Gasteiger partial charge in [0.25, 0.3) is 5.91 Å². The summed E-state index contributed by atoms with van der Waals surface area (Å²) in [5.41, 5.74) is 2.81. The van der Waals surface area contributed by atoms with Gasteiger partial charge in [0.15, 0.2) is 5.82 Å². The zero-order valence-electron chi connectivity index (χ0n) is 9.31. The molecule has 0 unspecified atom stereocenters. The highest BCUT2D eigenvalue weighted by atomic mass is 79.9. The second-order valence-corrected chi connectivity index (χ2v) is 5.40. The SMILES string of the molecule is NNc1ncc(Br)cc1C(=O)NCc1cccs1. The minimum Gasteiger partial charge on any atom is -0.347 e. The van der Waals surface area contributed by atoms with E-state index in [0.29, 0.717) is 17.9 Å². The van der Waals surface area contributed by atoms with Crippen LogP contribution >= 0.6 is 27.3 Å². The molecule has 0 spiro atoms. The predicted octanol–water partition coefficient (Wildman–Crippen LogP) is 2.12. The number of aromatic nitrogens is 1. The molecule has 4 N–H and O–H groups in total. The maximum Gasteiger partial charge on any atom is 0.255 e. The number of carbonyl (C=O) groups excluding carboxylic acids is 1. The van der Waals surface area contributed by atoms with E-state index in [2.05, 4.69) is 31.7 Å². The van der Waals surface area contributed by atoms with Crippen molar-refractivity contribution in [2.24, 2.45) is 5.84 Å². The van der Waals surface area contributed by atoms with Gasteiger partial charge in [0.2, 0.25) is 0 Å². The second kappa shape index (κ2) is 5.94. The highest BCUT2D eigenvalue weighted by Gasteiger charge is 2.12. The molecule has 7 heteroatoms. The number of hydrogen-bond donors (Lipinski definition) is 3. The van der Waals surface area contributed by atoms with E-state index in [1.807, 2.05) is 17.5 Å². The Kier molecular flexibility index (Phi) is 4.29. The number of rotatable bonds is 4. The quantitative estimate of drug-likeness (QED) is 0.594. The normalized spacial score (nSPS) is 10.1. The molecule has 0 radical (unpaired) electrons. The van der Waals surface area contributed by atoms with Crippen LogP contribution in [-0.2, 0) is 6.54 Å². The van der Waals surface area contributed by atoms with Crippen LogP contribution in [0.2, 0.25) is 0 Å². The fraction of sp³-hybridized carbons (Fsp3) is 0.0909. The average Bonchev–Trinajstić information content (AvgIpc) is 2.89. The maximum absolute atomic E-state index is 12.0. The van der Waals surface area contributed by atoms with Crippen LogP contribution in [0, 0.1) is 0 Å². The number of anilines is 1. The Morgan fingerprint density at radius 3 is 3.06 bits per heavy atom. The zero-order valence-corrected chi connectivity index (χ0v) is 11.7. The fourth-order valence-electron chi connectivity index (χ4n) is 1.40. The monoisotopic (exact) mass is 326 g/mol. The first-order valence-corrected chi connectivity index (χ1v) is 6.80. The van der Waals surface area contributed by atoms with Gasteiger partial charge >= 0.3 is 0 Å². The van der Waals surface area contributed by atoms with Gasteiger partial charge in [0.1, 0.15) is 0 Å². The molecule has 2 aromatic rings. The van der Waals surface area contributed by atoms with Crippen molar-refractivity contribution in [2.45, 2.75) is 6.54 Å². The molecule has 0 saturated carbocycles. The molecular weight excluding hydrogens is 316 g/mol. The summed E-state index contributed by atoms with van der Waals surface area (Å²) in [5, 5.41) is 4.79. The van der Waals surface area contributed by atoms with Crippen molar-refractivity contribution in [3.05, 3.63) is 44.7 Å². The molecule has 0 aliphatic rings. The number of nitrogens with zero attached hydrogens (tertiary/aromatic N) is 1. The van der Waals surface area contributed by atoms with Gasteiger partial charge in [-0.1, -0.05) is 6.07 Å². The maximum atomic E-state index is 12.0. The molecule has 18 heavy (non-hydrogen) atoms. The van der Waals surface area contributed by atoms with Crippen molar-refractivity contribution < 1.29 is 4.79 Å². The molecule has 0 aliphatic carbocycles. The number of amides is 1. The fourth-order valence-corrected chi connectivity index (χ4v) is 2.38. The Hall–Kier alpha value is -1.44. The smallest absolute Gasteiger partial charge is 0.255 e. The van der Waals surface area contributed by atoms with Gasteiger partial charge in [-0.15, -0.1) is 11.3 Å². The molecule has 0 atom stereocenters. The Bertz CT molecular complexity index is 544. The second-order valence-electron chi connectivity index (χ2n) is 3.46. The molecule has 0 bridgehead atoms. The summed E-state index contributed by atoms with van der Waals surface area (Å²) in [5.74, 6) is 5.46. The van der Waals surface area contributed by atoms with Crippen molar-refractivity contribution in [2.75, 3.05) is 5.43 Å². The van der Waals surface area contributed by atoms with Crippen LogP contribution in [0.5, 0.6) is 0 Å². The first-order chi connectivity index (χ1) is 8.70. The average molecular weight is 327 g/mol. The summed E-state index contributed by atoms with van der Waals surface area (Å²) in [4.78, 5) is 17.1. The molecule has 2 rings (SSSR count). The molecule has 5 nitrogen and oxygen atoms in total. The highest BCUT2D eigenvalue weighted by Crippen LogP contribution is 2.17. The van der Waals surface area contributed by atoms with Crippen molar-refractivity contribution in [3.8, 4) is 0 Å². The minimum atomic E-state index is -0.217. The van der Waals surface area contributed by atoms with Crippen molar-refractivity contribution in [1.29, 1.82) is 0 Å². The van der Waals surface area contributed by atoms with E-state index in [9.17, 15) is 4.79 Å².